The van der Waals surface area contributed by atoms with Gasteiger partial charge in [-0.05, 0) is 43.3 Å². The molecular formula is C23H30N6O. The van der Waals surface area contributed by atoms with Crippen LogP contribution in [0.1, 0.15) is 12.7 Å². The number of hydrogen-bond acceptors (Lipinski definition) is 4. The lowest BCUT2D eigenvalue weighted by Gasteiger charge is -2.37. The Bertz CT molecular complexity index is 1000. The number of aryl methyl sites for hydroxylation is 1. The molecular weight excluding hydrogens is 376 g/mol. The lowest BCUT2D eigenvalue weighted by atomic mass is 10.2. The van der Waals surface area contributed by atoms with E-state index in [0.717, 1.165) is 61.3 Å². The van der Waals surface area contributed by atoms with Crippen molar-refractivity contribution in [2.45, 2.75) is 13.5 Å². The fourth-order valence-corrected chi connectivity index (χ4v) is 3.88. The molecule has 1 aromatic heterocycles. The van der Waals surface area contributed by atoms with Crippen molar-refractivity contribution >= 4 is 22.7 Å². The first kappa shape index (κ1) is 20.1. The van der Waals surface area contributed by atoms with Gasteiger partial charge in [-0.2, -0.15) is 0 Å². The highest BCUT2D eigenvalue weighted by molar-refractivity contribution is 5.80. The molecule has 3 aromatic rings. The van der Waals surface area contributed by atoms with Crippen LogP contribution < -0.4 is 15.0 Å². The van der Waals surface area contributed by atoms with Crippen LogP contribution in [0.3, 0.4) is 0 Å². The van der Waals surface area contributed by atoms with E-state index in [4.69, 9.17) is 14.7 Å². The number of nitrogens with zero attached hydrogens (tertiary/aromatic N) is 5. The molecule has 1 N–H and O–H groups in total. The van der Waals surface area contributed by atoms with E-state index in [9.17, 15) is 0 Å². The highest BCUT2D eigenvalue weighted by Gasteiger charge is 2.20. The average molecular weight is 407 g/mol. The smallest absolute Gasteiger partial charge is 0.194 e. The van der Waals surface area contributed by atoms with E-state index in [2.05, 4.69) is 51.9 Å². The fourth-order valence-electron chi connectivity index (χ4n) is 3.88. The molecule has 1 aliphatic heterocycles. The summed E-state index contributed by atoms with van der Waals surface area (Å²) in [6.45, 7) is 7.30. The number of anilines is 1. The van der Waals surface area contributed by atoms with Crippen LogP contribution in [0, 0.1) is 0 Å². The second-order valence-corrected chi connectivity index (χ2v) is 7.42. The maximum Gasteiger partial charge on any atom is 0.194 e. The molecule has 0 saturated carbocycles. The molecule has 4 rings (SSSR count). The first-order valence-corrected chi connectivity index (χ1v) is 10.5. The largest absolute Gasteiger partial charge is 0.497 e. The monoisotopic (exact) mass is 406 g/mol. The van der Waals surface area contributed by atoms with Crippen LogP contribution >= 0.6 is 0 Å². The van der Waals surface area contributed by atoms with Gasteiger partial charge in [0.15, 0.2) is 5.96 Å². The third kappa shape index (κ3) is 4.20. The van der Waals surface area contributed by atoms with Crippen molar-refractivity contribution in [3.8, 4) is 5.75 Å². The predicted octanol–water partition coefficient (Wildman–Crippen LogP) is 2.87. The van der Waals surface area contributed by atoms with Crippen LogP contribution in [0.5, 0.6) is 5.75 Å². The molecule has 2 aromatic carbocycles. The number of methoxy groups -OCH3 is 1. The summed E-state index contributed by atoms with van der Waals surface area (Å²) in [5.74, 6) is 2.82. The molecule has 158 valence electrons. The van der Waals surface area contributed by atoms with E-state index in [1.165, 1.54) is 5.69 Å². The maximum atomic E-state index is 5.27. The van der Waals surface area contributed by atoms with Crippen molar-refractivity contribution in [2.75, 3.05) is 44.7 Å². The Hall–Kier alpha value is -3.22. The van der Waals surface area contributed by atoms with E-state index in [0.29, 0.717) is 6.54 Å². The molecule has 0 amide bonds. The molecule has 0 bridgehead atoms. The quantitative estimate of drug-likeness (QED) is 0.522. The molecule has 1 saturated heterocycles. The van der Waals surface area contributed by atoms with Crippen LogP contribution in [-0.2, 0) is 13.6 Å². The van der Waals surface area contributed by atoms with Crippen LogP contribution in [0.4, 0.5) is 5.69 Å². The zero-order valence-corrected chi connectivity index (χ0v) is 18.0. The molecule has 1 fully saturated rings. The number of rotatable bonds is 5. The van der Waals surface area contributed by atoms with Crippen molar-refractivity contribution in [3.05, 3.63) is 54.4 Å². The number of aromatic nitrogens is 2. The Kier molecular flexibility index (Phi) is 6.07. The van der Waals surface area contributed by atoms with Crippen molar-refractivity contribution in [3.63, 3.8) is 0 Å². The minimum absolute atomic E-state index is 0.562. The van der Waals surface area contributed by atoms with E-state index in [1.54, 1.807) is 7.11 Å². The van der Waals surface area contributed by atoms with Crippen molar-refractivity contribution in [1.29, 1.82) is 0 Å². The maximum absolute atomic E-state index is 5.27. The van der Waals surface area contributed by atoms with Gasteiger partial charge in [0.25, 0.3) is 0 Å². The van der Waals surface area contributed by atoms with E-state index < -0.39 is 0 Å². The van der Waals surface area contributed by atoms with Gasteiger partial charge < -0.3 is 24.4 Å². The lowest BCUT2D eigenvalue weighted by molar-refractivity contribution is 0.372. The summed E-state index contributed by atoms with van der Waals surface area (Å²) in [6, 6.07) is 16.5. The topological polar surface area (TPSA) is 57.9 Å². The Balaban J connectivity index is 1.43. The number of fused-ring (bicyclic) bond motifs is 1. The summed E-state index contributed by atoms with van der Waals surface area (Å²) in [5, 5.41) is 3.45. The minimum Gasteiger partial charge on any atom is -0.497 e. The number of piperazine rings is 1. The van der Waals surface area contributed by atoms with Gasteiger partial charge in [0, 0.05) is 45.5 Å². The normalized spacial score (nSPS) is 15.0. The van der Waals surface area contributed by atoms with Gasteiger partial charge in [0.05, 0.1) is 18.1 Å². The molecule has 7 nitrogen and oxygen atoms in total. The molecule has 2 heterocycles. The second kappa shape index (κ2) is 9.07. The molecule has 0 radical (unpaired) electrons. The number of hydrogen-bond donors (Lipinski definition) is 1. The van der Waals surface area contributed by atoms with Gasteiger partial charge in [0.1, 0.15) is 18.1 Å². The number of para-hydroxylation sites is 2. The summed E-state index contributed by atoms with van der Waals surface area (Å²) in [4.78, 5) is 14.4. The van der Waals surface area contributed by atoms with Crippen LogP contribution in [0.25, 0.3) is 11.0 Å². The highest BCUT2D eigenvalue weighted by atomic mass is 16.5. The summed E-state index contributed by atoms with van der Waals surface area (Å²) in [7, 11) is 3.75. The van der Waals surface area contributed by atoms with E-state index in [1.807, 2.05) is 30.3 Å². The number of imidazole rings is 1. The van der Waals surface area contributed by atoms with Gasteiger partial charge in [-0.3, -0.25) is 0 Å². The number of ether oxygens (including phenoxy) is 1. The Morgan fingerprint density at radius 1 is 1.07 bits per heavy atom. The number of guanidine groups is 1. The lowest BCUT2D eigenvalue weighted by Crippen LogP contribution is -2.52. The van der Waals surface area contributed by atoms with Gasteiger partial charge >= 0.3 is 0 Å². The molecule has 0 atom stereocenters. The number of benzene rings is 2. The zero-order chi connectivity index (χ0) is 20.9. The minimum atomic E-state index is 0.562. The first-order valence-electron chi connectivity index (χ1n) is 10.5. The van der Waals surface area contributed by atoms with Crippen LogP contribution in [-0.4, -0.2) is 60.2 Å². The molecule has 7 heteroatoms. The van der Waals surface area contributed by atoms with Crippen molar-refractivity contribution < 1.29 is 4.74 Å². The van der Waals surface area contributed by atoms with E-state index >= 15 is 0 Å². The van der Waals surface area contributed by atoms with E-state index in [-0.39, 0.29) is 0 Å². The Morgan fingerprint density at radius 3 is 2.47 bits per heavy atom. The summed E-state index contributed by atoms with van der Waals surface area (Å²) >= 11 is 0. The van der Waals surface area contributed by atoms with Crippen LogP contribution in [0.2, 0.25) is 0 Å². The van der Waals surface area contributed by atoms with Crippen molar-refractivity contribution in [1.82, 2.24) is 19.8 Å². The molecule has 0 unspecified atom stereocenters. The van der Waals surface area contributed by atoms with Crippen molar-refractivity contribution in [2.24, 2.45) is 12.0 Å². The summed E-state index contributed by atoms with van der Waals surface area (Å²) in [5.41, 5.74) is 3.39. The fraction of sp³-hybridized carbons (Fsp3) is 0.391. The number of aliphatic imine (C=N–C) groups is 1. The van der Waals surface area contributed by atoms with Gasteiger partial charge in [0.2, 0.25) is 0 Å². The average Bonchev–Trinajstić information content (AvgIpc) is 3.12. The first-order chi connectivity index (χ1) is 14.7. The Morgan fingerprint density at radius 2 is 1.80 bits per heavy atom. The second-order valence-electron chi connectivity index (χ2n) is 7.42. The summed E-state index contributed by atoms with van der Waals surface area (Å²) in [6.07, 6.45) is 0. The third-order valence-electron chi connectivity index (χ3n) is 5.60. The number of nitrogens with one attached hydrogen (secondary N) is 1. The molecule has 1 aliphatic rings. The predicted molar refractivity (Wildman–Crippen MR) is 122 cm³/mol. The third-order valence-corrected chi connectivity index (χ3v) is 5.60. The molecule has 0 spiro atoms. The standard InChI is InChI=1S/C23H30N6O/c1-4-24-23(25-17-22-26-20-7-5-6-8-21(20)27(22)2)29-15-13-28(14-16-29)18-9-11-19(30-3)12-10-18/h5-12H,4,13-17H2,1-3H3,(H,24,25). The van der Waals surface area contributed by atoms with Gasteiger partial charge in [-0.15, -0.1) is 0 Å². The van der Waals surface area contributed by atoms with Gasteiger partial charge in [-0.25, -0.2) is 9.98 Å². The summed E-state index contributed by atoms with van der Waals surface area (Å²) < 4.78 is 7.39. The molecule has 30 heavy (non-hydrogen) atoms. The molecule has 0 aliphatic carbocycles. The SMILES string of the molecule is CCNC(=NCc1nc2ccccc2n1C)N1CCN(c2ccc(OC)cc2)CC1. The van der Waals surface area contributed by atoms with Crippen LogP contribution in [0.15, 0.2) is 53.5 Å². The highest BCUT2D eigenvalue weighted by Crippen LogP contribution is 2.21. The van der Waals surface area contributed by atoms with Gasteiger partial charge in [-0.1, -0.05) is 12.1 Å². The zero-order valence-electron chi connectivity index (χ0n) is 18.0. The Labute approximate surface area is 178 Å².